The van der Waals surface area contributed by atoms with E-state index in [1.165, 1.54) is 15.4 Å². The Morgan fingerprint density at radius 3 is 2.52 bits per heavy atom. The Balaban J connectivity index is 1.95. The lowest BCUT2D eigenvalue weighted by atomic mass is 10.3. The van der Waals surface area contributed by atoms with E-state index in [0.29, 0.717) is 5.82 Å². The highest BCUT2D eigenvalue weighted by Gasteiger charge is 2.22. The van der Waals surface area contributed by atoms with Gasteiger partial charge >= 0.3 is 0 Å². The van der Waals surface area contributed by atoms with Crippen LogP contribution in [0.25, 0.3) is 5.52 Å². The standard InChI is InChI=1S/C16H18F2N6O/c1-9(2)23-8-11(14(22-23)15(17)18)20-16(25)12-6-4-10-5-7-13(19-3)21-24(10)12/h4-9,15H,1-3H3,(H,19,21)(H,20,25). The molecule has 0 spiro atoms. The van der Waals surface area contributed by atoms with Crippen molar-refractivity contribution in [3.63, 3.8) is 0 Å². The number of halogens is 2. The van der Waals surface area contributed by atoms with Crippen LogP contribution >= 0.6 is 0 Å². The summed E-state index contributed by atoms with van der Waals surface area (Å²) >= 11 is 0. The maximum Gasteiger partial charge on any atom is 0.284 e. The molecule has 0 atom stereocenters. The molecule has 3 rings (SSSR count). The van der Waals surface area contributed by atoms with E-state index in [9.17, 15) is 13.6 Å². The van der Waals surface area contributed by atoms with Gasteiger partial charge in [0.05, 0.1) is 11.2 Å². The van der Waals surface area contributed by atoms with E-state index in [1.807, 2.05) is 13.8 Å². The average Bonchev–Trinajstić information content (AvgIpc) is 3.18. The minimum atomic E-state index is -2.78. The normalized spacial score (nSPS) is 11.5. The van der Waals surface area contributed by atoms with Crippen LogP contribution in [-0.2, 0) is 0 Å². The lowest BCUT2D eigenvalue weighted by molar-refractivity contribution is 0.101. The first kappa shape index (κ1) is 16.9. The smallest absolute Gasteiger partial charge is 0.284 e. The third-order valence-electron chi connectivity index (χ3n) is 3.74. The van der Waals surface area contributed by atoms with Gasteiger partial charge in [-0.25, -0.2) is 13.3 Å². The molecule has 3 aromatic heterocycles. The molecule has 0 aliphatic rings. The SMILES string of the molecule is CNc1ccc2ccc(C(=O)Nc3cn(C(C)C)nc3C(F)F)n2n1. The second kappa shape index (κ2) is 6.50. The minimum absolute atomic E-state index is 0.00609. The number of fused-ring (bicyclic) bond motifs is 1. The molecule has 132 valence electrons. The number of amides is 1. The molecule has 1 amide bonds. The van der Waals surface area contributed by atoms with E-state index in [2.05, 4.69) is 20.8 Å². The highest BCUT2D eigenvalue weighted by atomic mass is 19.3. The highest BCUT2D eigenvalue weighted by Crippen LogP contribution is 2.27. The molecule has 0 aliphatic carbocycles. The number of hydrogen-bond donors (Lipinski definition) is 2. The predicted octanol–water partition coefficient (Wildman–Crippen LogP) is 3.34. The topological polar surface area (TPSA) is 76.2 Å². The van der Waals surface area contributed by atoms with Crippen LogP contribution in [-0.4, -0.2) is 32.3 Å². The van der Waals surface area contributed by atoms with E-state index < -0.39 is 18.0 Å². The van der Waals surface area contributed by atoms with E-state index in [0.717, 1.165) is 5.52 Å². The van der Waals surface area contributed by atoms with Gasteiger partial charge in [0.1, 0.15) is 11.5 Å². The number of alkyl halides is 2. The molecule has 9 heteroatoms. The van der Waals surface area contributed by atoms with E-state index in [-0.39, 0.29) is 17.4 Å². The maximum atomic E-state index is 13.2. The molecule has 7 nitrogen and oxygen atoms in total. The number of hydrogen-bond acceptors (Lipinski definition) is 4. The molecule has 0 aliphatic heterocycles. The maximum absolute atomic E-state index is 13.2. The van der Waals surface area contributed by atoms with Gasteiger partial charge in [-0.1, -0.05) is 0 Å². The van der Waals surface area contributed by atoms with Crippen LogP contribution in [0.1, 0.15) is 42.5 Å². The Bertz CT molecular complexity index is 915. The summed E-state index contributed by atoms with van der Waals surface area (Å²) in [4.78, 5) is 12.6. The van der Waals surface area contributed by atoms with Gasteiger partial charge in [0, 0.05) is 19.3 Å². The summed E-state index contributed by atoms with van der Waals surface area (Å²) in [5.41, 5.74) is 0.501. The molecule has 0 saturated carbocycles. The monoisotopic (exact) mass is 348 g/mol. The van der Waals surface area contributed by atoms with Crippen molar-refractivity contribution in [3.05, 3.63) is 41.9 Å². The molecular weight excluding hydrogens is 330 g/mol. The number of nitrogens with one attached hydrogen (secondary N) is 2. The zero-order chi connectivity index (χ0) is 18.1. The average molecular weight is 348 g/mol. The summed E-state index contributed by atoms with van der Waals surface area (Å²) in [6.45, 7) is 3.63. The molecule has 3 heterocycles. The van der Waals surface area contributed by atoms with Crippen LogP contribution in [0.5, 0.6) is 0 Å². The predicted molar refractivity (Wildman–Crippen MR) is 90.3 cm³/mol. The number of aromatic nitrogens is 4. The summed E-state index contributed by atoms with van der Waals surface area (Å²) < 4.78 is 29.2. The van der Waals surface area contributed by atoms with Crippen LogP contribution in [0.3, 0.4) is 0 Å². The van der Waals surface area contributed by atoms with Crippen molar-refractivity contribution in [2.75, 3.05) is 17.7 Å². The van der Waals surface area contributed by atoms with Crippen molar-refractivity contribution in [1.29, 1.82) is 0 Å². The zero-order valence-electron chi connectivity index (χ0n) is 14.0. The number of anilines is 2. The summed E-state index contributed by atoms with van der Waals surface area (Å²) in [5, 5.41) is 13.5. The summed E-state index contributed by atoms with van der Waals surface area (Å²) in [6.07, 6.45) is -1.37. The lowest BCUT2D eigenvalue weighted by Gasteiger charge is -2.06. The third-order valence-corrected chi connectivity index (χ3v) is 3.74. The van der Waals surface area contributed by atoms with Gasteiger partial charge in [-0.15, -0.1) is 5.10 Å². The van der Waals surface area contributed by atoms with Gasteiger partial charge in [-0.2, -0.15) is 5.10 Å². The first-order valence-corrected chi connectivity index (χ1v) is 7.75. The highest BCUT2D eigenvalue weighted by molar-refractivity contribution is 6.04. The fourth-order valence-corrected chi connectivity index (χ4v) is 2.41. The molecule has 0 aromatic carbocycles. The van der Waals surface area contributed by atoms with E-state index in [4.69, 9.17) is 0 Å². The second-order valence-electron chi connectivity index (χ2n) is 5.78. The number of nitrogens with zero attached hydrogens (tertiary/aromatic N) is 4. The Hall–Kier alpha value is -2.97. The van der Waals surface area contributed by atoms with Crippen molar-refractivity contribution in [2.24, 2.45) is 0 Å². The van der Waals surface area contributed by atoms with Gasteiger partial charge in [0.2, 0.25) is 0 Å². The zero-order valence-corrected chi connectivity index (χ0v) is 14.0. The lowest BCUT2D eigenvalue weighted by Crippen LogP contribution is -2.16. The molecule has 2 N–H and O–H groups in total. The number of carbonyl (C=O) groups is 1. The van der Waals surface area contributed by atoms with Crippen LogP contribution in [0.2, 0.25) is 0 Å². The van der Waals surface area contributed by atoms with Gasteiger partial charge in [-0.05, 0) is 38.1 Å². The van der Waals surface area contributed by atoms with Crippen molar-refractivity contribution < 1.29 is 13.6 Å². The van der Waals surface area contributed by atoms with Crippen molar-refractivity contribution in [3.8, 4) is 0 Å². The molecule has 25 heavy (non-hydrogen) atoms. The Labute approximate surface area is 142 Å². The molecule has 0 bridgehead atoms. The fourth-order valence-electron chi connectivity index (χ4n) is 2.41. The Kier molecular flexibility index (Phi) is 4.39. The largest absolute Gasteiger partial charge is 0.372 e. The first-order chi connectivity index (χ1) is 11.9. The number of carbonyl (C=O) groups excluding carboxylic acids is 1. The van der Waals surface area contributed by atoms with Crippen LogP contribution in [0, 0.1) is 0 Å². The first-order valence-electron chi connectivity index (χ1n) is 7.75. The Morgan fingerprint density at radius 2 is 1.88 bits per heavy atom. The van der Waals surface area contributed by atoms with Crippen molar-refractivity contribution in [2.45, 2.75) is 26.3 Å². The van der Waals surface area contributed by atoms with Crippen molar-refractivity contribution in [1.82, 2.24) is 19.4 Å². The van der Waals surface area contributed by atoms with Crippen molar-refractivity contribution >= 4 is 22.9 Å². The summed E-state index contributed by atoms with van der Waals surface area (Å²) in [5.74, 6) is 0.0459. The summed E-state index contributed by atoms with van der Waals surface area (Å²) in [6, 6.07) is 6.80. The van der Waals surface area contributed by atoms with E-state index >= 15 is 0 Å². The van der Waals surface area contributed by atoms with Crippen LogP contribution in [0.4, 0.5) is 20.3 Å². The van der Waals surface area contributed by atoms with Gasteiger partial charge < -0.3 is 10.6 Å². The number of rotatable bonds is 5. The fraction of sp³-hybridized carbons (Fsp3) is 0.312. The summed E-state index contributed by atoms with van der Waals surface area (Å²) in [7, 11) is 1.71. The quantitative estimate of drug-likeness (QED) is 0.741. The third kappa shape index (κ3) is 3.17. The minimum Gasteiger partial charge on any atom is -0.372 e. The van der Waals surface area contributed by atoms with Crippen LogP contribution in [0.15, 0.2) is 30.5 Å². The van der Waals surface area contributed by atoms with Crippen LogP contribution < -0.4 is 10.6 Å². The molecule has 0 unspecified atom stereocenters. The van der Waals surface area contributed by atoms with Gasteiger partial charge in [0.15, 0.2) is 5.69 Å². The second-order valence-corrected chi connectivity index (χ2v) is 5.78. The van der Waals surface area contributed by atoms with E-state index in [1.54, 1.807) is 31.3 Å². The Morgan fingerprint density at radius 1 is 1.16 bits per heavy atom. The van der Waals surface area contributed by atoms with Gasteiger partial charge in [-0.3, -0.25) is 9.48 Å². The molecule has 0 fully saturated rings. The molecular formula is C16H18F2N6O. The van der Waals surface area contributed by atoms with Gasteiger partial charge in [0.25, 0.3) is 12.3 Å². The molecule has 3 aromatic rings. The molecule has 0 saturated heterocycles. The molecule has 0 radical (unpaired) electrons.